The van der Waals surface area contributed by atoms with Gasteiger partial charge < -0.3 is 4.74 Å². The van der Waals surface area contributed by atoms with Gasteiger partial charge in [-0.3, -0.25) is 29.4 Å². The van der Waals surface area contributed by atoms with Gasteiger partial charge in [0.25, 0.3) is 0 Å². The number of hydrogen-bond donors (Lipinski definition) is 2. The number of amides is 2. The van der Waals surface area contributed by atoms with Crippen LogP contribution in [0.3, 0.4) is 0 Å². The molecule has 280 valence electrons. The molecule has 4 unspecified atom stereocenters. The average molecular weight is 760 g/mol. The Morgan fingerprint density at radius 1 is 0.792 bits per heavy atom. The third-order valence-corrected chi connectivity index (χ3v) is 14.3. The Morgan fingerprint density at radius 2 is 1.40 bits per heavy atom. The Balaban J connectivity index is 0.815. The maximum atomic E-state index is 13.8. The zero-order chi connectivity index (χ0) is 36.1. The first kappa shape index (κ1) is 34.2. The van der Waals surface area contributed by atoms with Gasteiger partial charge in [-0.15, -0.1) is 0 Å². The van der Waals surface area contributed by atoms with Gasteiger partial charge in [-0.25, -0.2) is 19.9 Å². The number of fused-ring (bicyclic) bond motifs is 2. The summed E-state index contributed by atoms with van der Waals surface area (Å²) in [5.41, 5.74) is 2.68. The van der Waals surface area contributed by atoms with E-state index >= 15 is 0 Å². The molecule has 4 bridgehead atoms. The number of anilines is 2. The highest BCUT2D eigenvalue weighted by Gasteiger charge is 2.52. The van der Waals surface area contributed by atoms with Gasteiger partial charge in [0.05, 0.1) is 18.1 Å². The van der Waals surface area contributed by atoms with Crippen LogP contribution in [0.5, 0.6) is 0 Å². The van der Waals surface area contributed by atoms with Gasteiger partial charge in [-0.2, -0.15) is 0 Å². The van der Waals surface area contributed by atoms with E-state index in [-0.39, 0.29) is 47.4 Å². The topological polar surface area (TPSA) is 129 Å². The van der Waals surface area contributed by atoms with E-state index in [0.717, 1.165) is 85.8 Å². The molecule has 6 aliphatic carbocycles. The van der Waals surface area contributed by atoms with Crippen molar-refractivity contribution in [3.05, 3.63) is 34.6 Å². The van der Waals surface area contributed by atoms with E-state index in [0.29, 0.717) is 40.2 Å². The third kappa shape index (κ3) is 6.32. The van der Waals surface area contributed by atoms with Crippen molar-refractivity contribution in [3.8, 4) is 0 Å². The fourth-order valence-electron chi connectivity index (χ4n) is 11.7. The molecule has 1 saturated heterocycles. The van der Waals surface area contributed by atoms with Crippen LogP contribution in [0.2, 0.25) is 10.3 Å². The molecule has 0 radical (unpaired) electrons. The number of imidazole rings is 2. The zero-order valence-corrected chi connectivity index (χ0v) is 31.8. The van der Waals surface area contributed by atoms with Crippen molar-refractivity contribution in [1.29, 1.82) is 0 Å². The molecule has 4 aromatic heterocycles. The van der Waals surface area contributed by atoms with Crippen LogP contribution >= 0.6 is 23.2 Å². The van der Waals surface area contributed by atoms with Crippen molar-refractivity contribution in [2.24, 2.45) is 29.1 Å². The standard InChI is InChI=1S/C40H48Cl2N8O3/c1-39(12-11-27(53-39)16-33(51)47-37-43-28-6-9-31(41)45-35(28)49(37)26-3-2-4-26)20-25-5-8-30(25)50-36-29(7-10-32(42)46-36)44-38(50)48-34(52)21-40-17-22-13-23(18-40)15-24(14-22)19-40/h6-7,9-10,22-27,30H,2-5,8,11-21H2,1H3,(H,43,47,51)(H,44,48,52). The van der Waals surface area contributed by atoms with Crippen molar-refractivity contribution in [2.75, 3.05) is 10.6 Å². The van der Waals surface area contributed by atoms with E-state index in [1.165, 1.54) is 38.5 Å². The molecule has 0 aromatic carbocycles. The molecule has 2 amide bonds. The maximum Gasteiger partial charge on any atom is 0.229 e. The molecule has 7 aliphatic rings. The predicted molar refractivity (Wildman–Crippen MR) is 204 cm³/mol. The summed E-state index contributed by atoms with van der Waals surface area (Å²) >= 11 is 12.7. The van der Waals surface area contributed by atoms with Crippen LogP contribution in [0.25, 0.3) is 22.3 Å². The van der Waals surface area contributed by atoms with Gasteiger partial charge in [-0.05, 0) is 150 Å². The second-order valence-electron chi connectivity index (χ2n) is 17.9. The number of rotatable bonds is 10. The average Bonchev–Trinajstić information content (AvgIpc) is 3.70. The van der Waals surface area contributed by atoms with Crippen LogP contribution in [0.1, 0.15) is 122 Å². The molecule has 11 rings (SSSR count). The number of hydrogen-bond acceptors (Lipinski definition) is 7. The zero-order valence-electron chi connectivity index (χ0n) is 30.3. The Bertz CT molecular complexity index is 2070. The highest BCUT2D eigenvalue weighted by Crippen LogP contribution is 2.61. The van der Waals surface area contributed by atoms with E-state index < -0.39 is 0 Å². The van der Waals surface area contributed by atoms with Gasteiger partial charge in [0, 0.05) is 18.5 Å². The first-order valence-corrected chi connectivity index (χ1v) is 20.7. The smallest absolute Gasteiger partial charge is 0.229 e. The van der Waals surface area contributed by atoms with E-state index in [2.05, 4.69) is 27.1 Å². The second kappa shape index (κ2) is 12.9. The fraction of sp³-hybridized carbons (Fsp3) is 0.650. The highest BCUT2D eigenvalue weighted by atomic mass is 35.5. The molecular formula is C40H48Cl2N8O3. The quantitative estimate of drug-likeness (QED) is 0.154. The lowest BCUT2D eigenvalue weighted by Gasteiger charge is -2.56. The molecule has 4 atom stereocenters. The number of aromatic nitrogens is 6. The summed E-state index contributed by atoms with van der Waals surface area (Å²) in [6, 6.07) is 7.62. The van der Waals surface area contributed by atoms with Gasteiger partial charge in [0.1, 0.15) is 21.3 Å². The third-order valence-electron chi connectivity index (χ3n) is 13.9. The molecule has 1 aliphatic heterocycles. The molecule has 53 heavy (non-hydrogen) atoms. The SMILES string of the molecule is CC1(CC2CCC2n2c(NC(=O)CC34CC5CC(CC(C5)C3)C4)nc3ccc(Cl)nc32)CCC(CC(=O)Nc2nc3ccc(Cl)nc3n2C2CCC2)O1. The van der Waals surface area contributed by atoms with E-state index in [1.54, 1.807) is 12.1 Å². The summed E-state index contributed by atoms with van der Waals surface area (Å²) in [7, 11) is 0. The van der Waals surface area contributed by atoms with Crippen LogP contribution in [0, 0.1) is 29.1 Å². The minimum Gasteiger partial charge on any atom is -0.372 e. The lowest BCUT2D eigenvalue weighted by Crippen LogP contribution is -2.47. The van der Waals surface area contributed by atoms with E-state index in [4.69, 9.17) is 42.9 Å². The number of nitrogens with zero attached hydrogens (tertiary/aromatic N) is 6. The van der Waals surface area contributed by atoms with Crippen LogP contribution in [0.4, 0.5) is 11.9 Å². The summed E-state index contributed by atoms with van der Waals surface area (Å²) in [6.45, 7) is 2.18. The van der Waals surface area contributed by atoms with Gasteiger partial charge in [-0.1, -0.05) is 23.2 Å². The Morgan fingerprint density at radius 3 is 1.98 bits per heavy atom. The lowest BCUT2D eigenvalue weighted by molar-refractivity contribution is -0.124. The number of halogens is 2. The van der Waals surface area contributed by atoms with Crippen molar-refractivity contribution >= 4 is 69.2 Å². The van der Waals surface area contributed by atoms with Crippen molar-refractivity contribution in [1.82, 2.24) is 29.1 Å². The molecule has 4 aromatic rings. The normalized spacial score (nSPS) is 33.3. The first-order chi connectivity index (χ1) is 25.6. The van der Waals surface area contributed by atoms with Gasteiger partial charge >= 0.3 is 0 Å². The largest absolute Gasteiger partial charge is 0.372 e. The summed E-state index contributed by atoms with van der Waals surface area (Å²) in [4.78, 5) is 46.1. The highest BCUT2D eigenvalue weighted by molar-refractivity contribution is 6.30. The Labute approximate surface area is 319 Å². The summed E-state index contributed by atoms with van der Waals surface area (Å²) in [5, 5.41) is 7.19. The summed E-state index contributed by atoms with van der Waals surface area (Å²) in [6.07, 6.45) is 16.1. The summed E-state index contributed by atoms with van der Waals surface area (Å²) < 4.78 is 10.9. The fourth-order valence-corrected chi connectivity index (χ4v) is 12.0. The molecule has 0 spiro atoms. The number of ether oxygens (including phenoxy) is 1. The number of nitrogens with one attached hydrogen (secondary N) is 2. The molecule has 13 heteroatoms. The number of carbonyl (C=O) groups excluding carboxylic acids is 2. The van der Waals surface area contributed by atoms with Crippen LogP contribution in [-0.4, -0.2) is 52.6 Å². The minimum atomic E-state index is -0.364. The van der Waals surface area contributed by atoms with Gasteiger partial charge in [0.15, 0.2) is 11.3 Å². The first-order valence-electron chi connectivity index (χ1n) is 19.9. The molecular weight excluding hydrogens is 711 g/mol. The maximum absolute atomic E-state index is 13.8. The van der Waals surface area contributed by atoms with E-state index in [9.17, 15) is 9.59 Å². The molecule has 6 saturated carbocycles. The number of carbonyl (C=O) groups is 2. The lowest BCUT2D eigenvalue weighted by atomic mass is 9.49. The van der Waals surface area contributed by atoms with Crippen LogP contribution in [0.15, 0.2) is 24.3 Å². The molecule has 7 fully saturated rings. The van der Waals surface area contributed by atoms with E-state index in [1.807, 2.05) is 16.7 Å². The predicted octanol–water partition coefficient (Wildman–Crippen LogP) is 9.06. The van der Waals surface area contributed by atoms with Crippen molar-refractivity contribution in [3.63, 3.8) is 0 Å². The molecule has 2 N–H and O–H groups in total. The molecule has 11 nitrogen and oxygen atoms in total. The Hall–Kier alpha value is -3.28. The molecule has 5 heterocycles. The van der Waals surface area contributed by atoms with Crippen LogP contribution < -0.4 is 10.6 Å². The van der Waals surface area contributed by atoms with Crippen molar-refractivity contribution < 1.29 is 14.3 Å². The van der Waals surface area contributed by atoms with Crippen LogP contribution in [-0.2, 0) is 14.3 Å². The second-order valence-corrected chi connectivity index (χ2v) is 18.7. The van der Waals surface area contributed by atoms with Gasteiger partial charge in [0.2, 0.25) is 23.7 Å². The summed E-state index contributed by atoms with van der Waals surface area (Å²) in [5.74, 6) is 3.79. The monoisotopic (exact) mass is 758 g/mol. The Kier molecular flexibility index (Phi) is 8.33. The minimum absolute atomic E-state index is 0.0704. The van der Waals surface area contributed by atoms with Crippen molar-refractivity contribution in [2.45, 2.75) is 133 Å². The number of pyridine rings is 2.